The Balaban J connectivity index is 0.00000304. The topological polar surface area (TPSA) is 211 Å². The molecule has 5 heterocycles. The molecule has 0 bridgehead atoms. The van der Waals surface area contributed by atoms with Crippen molar-refractivity contribution < 1.29 is 34.4 Å². The largest absolute Gasteiger partial charge is 0.870 e. The van der Waals surface area contributed by atoms with Crippen molar-refractivity contribution in [3.05, 3.63) is 47.8 Å². The van der Waals surface area contributed by atoms with Crippen molar-refractivity contribution in [2.24, 2.45) is 5.16 Å². The number of β-lactam (4-membered cyclic amide) rings is 1. The van der Waals surface area contributed by atoms with Gasteiger partial charge in [-0.3, -0.25) is 14.5 Å². The van der Waals surface area contributed by atoms with Crippen LogP contribution in [0.15, 0.2) is 47.1 Å². The van der Waals surface area contributed by atoms with E-state index >= 15 is 0 Å². The molecule has 188 valence electrons. The highest BCUT2D eigenvalue weighted by atomic mass is 32.2. The van der Waals surface area contributed by atoms with Crippen LogP contribution in [-0.2, 0) is 25.8 Å². The smallest absolute Gasteiger partial charge is 0.352 e. The van der Waals surface area contributed by atoms with E-state index in [0.29, 0.717) is 11.3 Å². The van der Waals surface area contributed by atoms with Crippen LogP contribution in [0.1, 0.15) is 5.82 Å². The van der Waals surface area contributed by atoms with Gasteiger partial charge in [-0.2, -0.15) is 9.36 Å². The summed E-state index contributed by atoms with van der Waals surface area (Å²) in [4.78, 5) is 47.8. The van der Waals surface area contributed by atoms with Crippen LogP contribution >= 0.6 is 23.3 Å². The number of carbonyl (C=O) groups excluding carboxylic acids is 2. The number of carboxylic acid groups (broad SMARTS) is 1. The Hall–Kier alpha value is -4.09. The summed E-state index contributed by atoms with van der Waals surface area (Å²) >= 11 is 2.24. The van der Waals surface area contributed by atoms with E-state index in [1.54, 1.807) is 29.2 Å². The minimum atomic E-state index is -1.21. The number of thioether (sulfide) groups is 1. The third-order valence-electron chi connectivity index (χ3n) is 5.39. The number of anilines is 1. The summed E-state index contributed by atoms with van der Waals surface area (Å²) in [6, 6.07) is 2.69. The molecule has 0 saturated carbocycles. The molecule has 0 radical (unpaired) electrons. The van der Waals surface area contributed by atoms with E-state index in [4.69, 9.17) is 10.6 Å². The summed E-state index contributed by atoms with van der Waals surface area (Å²) in [6.07, 6.45) is 5.21. The third kappa shape index (κ3) is 4.23. The quantitative estimate of drug-likeness (QED) is 0.140. The second kappa shape index (κ2) is 9.88. The molecule has 2 aliphatic heterocycles. The number of hydrogen-bond donors (Lipinski definition) is 3. The summed E-state index contributed by atoms with van der Waals surface area (Å²) in [5.74, 6) is -2.17. The normalized spacial score (nSPS) is 19.4. The minimum Gasteiger partial charge on any atom is -0.870 e. The lowest BCUT2D eigenvalue weighted by Gasteiger charge is -2.49. The lowest BCUT2D eigenvalue weighted by molar-refractivity contribution is -0.662. The Morgan fingerprint density at radius 1 is 1.44 bits per heavy atom. The van der Waals surface area contributed by atoms with Crippen molar-refractivity contribution >= 4 is 57.6 Å². The SMILES string of the molecule is CO/N=C(\C(=O)N[C@@H]1C(=O)N2C(C(=O)O)=C(C[n+]3ccn4ncccc43)CS[C@H]12)c1nsc(N)n1.[OH-]. The van der Waals surface area contributed by atoms with E-state index in [1.165, 1.54) is 23.8 Å². The van der Waals surface area contributed by atoms with E-state index < -0.39 is 29.2 Å². The number of amides is 2. The number of fused-ring (bicyclic) bond motifs is 2. The number of aromatic nitrogens is 5. The van der Waals surface area contributed by atoms with Crippen molar-refractivity contribution in [1.29, 1.82) is 0 Å². The highest BCUT2D eigenvalue weighted by Gasteiger charge is 2.54. The monoisotopic (exact) mass is 533 g/mol. The highest BCUT2D eigenvalue weighted by molar-refractivity contribution is 8.00. The average Bonchev–Trinajstić information content (AvgIpc) is 3.46. The maximum absolute atomic E-state index is 13.0. The number of carboxylic acids is 1. The van der Waals surface area contributed by atoms with Gasteiger partial charge in [-0.05, 0) is 6.07 Å². The maximum atomic E-state index is 13.0. The number of oxime groups is 1. The van der Waals surface area contributed by atoms with E-state index in [9.17, 15) is 19.5 Å². The molecule has 2 amide bonds. The van der Waals surface area contributed by atoms with Crippen LogP contribution in [0.2, 0.25) is 0 Å². The first kappa shape index (κ1) is 25.0. The molecular formula is C19H19N9O6S2. The molecule has 36 heavy (non-hydrogen) atoms. The van der Waals surface area contributed by atoms with Crippen LogP contribution in [0.25, 0.3) is 5.65 Å². The van der Waals surface area contributed by atoms with Crippen molar-refractivity contribution in [2.75, 3.05) is 18.6 Å². The number of carbonyl (C=O) groups is 3. The predicted molar refractivity (Wildman–Crippen MR) is 125 cm³/mol. The molecule has 3 aromatic rings. The van der Waals surface area contributed by atoms with Gasteiger partial charge in [0.2, 0.25) is 11.5 Å². The molecule has 17 heteroatoms. The Kier molecular flexibility index (Phi) is 6.86. The maximum Gasteiger partial charge on any atom is 0.352 e. The minimum absolute atomic E-state index is 0. The third-order valence-corrected chi connectivity index (χ3v) is 7.27. The average molecular weight is 534 g/mol. The van der Waals surface area contributed by atoms with Gasteiger partial charge in [-0.25, -0.2) is 9.36 Å². The molecule has 15 nitrogen and oxygen atoms in total. The lowest BCUT2D eigenvalue weighted by Crippen LogP contribution is -2.71. The zero-order valence-corrected chi connectivity index (χ0v) is 20.1. The number of rotatable bonds is 7. The number of imidazole rings is 1. The number of nitrogens with two attached hydrogens (primary N) is 1. The van der Waals surface area contributed by atoms with Crippen molar-refractivity contribution in [3.63, 3.8) is 0 Å². The molecule has 2 atom stereocenters. The molecular weight excluding hydrogens is 514 g/mol. The number of nitrogen functional groups attached to an aromatic ring is 1. The van der Waals surface area contributed by atoms with Gasteiger partial charge in [0.15, 0.2) is 11.3 Å². The van der Waals surface area contributed by atoms with Crippen molar-refractivity contribution in [1.82, 2.24) is 29.2 Å². The molecule has 0 unspecified atom stereocenters. The number of aliphatic carboxylic acids is 1. The summed E-state index contributed by atoms with van der Waals surface area (Å²) in [6.45, 7) is 0.270. The van der Waals surface area contributed by atoms with E-state index in [1.807, 2.05) is 10.6 Å². The van der Waals surface area contributed by atoms with Gasteiger partial charge in [0.25, 0.3) is 11.8 Å². The molecule has 1 fully saturated rings. The number of nitrogens with zero attached hydrogens (tertiary/aromatic N) is 7. The van der Waals surface area contributed by atoms with Gasteiger partial charge >= 0.3 is 11.6 Å². The van der Waals surface area contributed by atoms with Crippen molar-refractivity contribution in [2.45, 2.75) is 18.0 Å². The zero-order chi connectivity index (χ0) is 24.7. The van der Waals surface area contributed by atoms with Crippen LogP contribution in [0, 0.1) is 0 Å². The van der Waals surface area contributed by atoms with Gasteiger partial charge in [0, 0.05) is 28.9 Å². The summed E-state index contributed by atoms with van der Waals surface area (Å²) in [5.41, 5.74) is 6.60. The first-order valence-electron chi connectivity index (χ1n) is 10.1. The first-order chi connectivity index (χ1) is 16.9. The Morgan fingerprint density at radius 2 is 2.25 bits per heavy atom. The molecule has 2 aliphatic rings. The fourth-order valence-electron chi connectivity index (χ4n) is 3.90. The zero-order valence-electron chi connectivity index (χ0n) is 18.5. The fourth-order valence-corrected chi connectivity index (χ4v) is 5.67. The van der Waals surface area contributed by atoms with Gasteiger partial charge in [-0.1, -0.05) is 10.3 Å². The van der Waals surface area contributed by atoms with Crippen LogP contribution in [0.4, 0.5) is 5.13 Å². The molecule has 3 aromatic heterocycles. The van der Waals surface area contributed by atoms with Gasteiger partial charge in [0.05, 0.1) is 6.20 Å². The lowest BCUT2D eigenvalue weighted by atomic mass is 10.0. The fraction of sp³-hybridized carbons (Fsp3) is 0.263. The van der Waals surface area contributed by atoms with E-state index in [2.05, 4.69) is 24.9 Å². The van der Waals surface area contributed by atoms with E-state index in [-0.39, 0.29) is 34.4 Å². The molecule has 0 aromatic carbocycles. The molecule has 5 N–H and O–H groups in total. The Bertz CT molecular complexity index is 1420. The summed E-state index contributed by atoms with van der Waals surface area (Å²) < 4.78 is 7.48. The Labute approximate surface area is 210 Å². The summed E-state index contributed by atoms with van der Waals surface area (Å²) in [7, 11) is 1.25. The molecule has 5 rings (SSSR count). The van der Waals surface area contributed by atoms with Gasteiger partial charge < -0.3 is 26.5 Å². The molecule has 0 spiro atoms. The van der Waals surface area contributed by atoms with Crippen LogP contribution in [-0.4, -0.2) is 82.2 Å². The highest BCUT2D eigenvalue weighted by Crippen LogP contribution is 2.40. The second-order valence-electron chi connectivity index (χ2n) is 7.45. The van der Waals surface area contributed by atoms with Gasteiger partial charge in [0.1, 0.15) is 37.0 Å². The number of hydrogen-bond acceptors (Lipinski definition) is 12. The van der Waals surface area contributed by atoms with Crippen LogP contribution in [0.5, 0.6) is 0 Å². The standard InChI is InChI=1S/C19H17N9O5S2.H2O/c1-33-24-11(14-23-19(20)35-25-14)15(29)22-12-16(30)28-13(18(31)32)9(8-34-17(12)28)7-26-5-6-27-10(26)3-2-4-21-27;/h2-6,12,17H,7-8H2,1H3,(H3-,20,22,23,25,29,31,32);1H2/b24-11-;/t12-,17-;/m1./s1. The van der Waals surface area contributed by atoms with Crippen LogP contribution < -0.4 is 15.6 Å². The Morgan fingerprint density at radius 3 is 2.94 bits per heavy atom. The summed E-state index contributed by atoms with van der Waals surface area (Å²) in [5, 5.41) is 19.9. The molecule has 1 saturated heterocycles. The van der Waals surface area contributed by atoms with Gasteiger partial charge in [-0.15, -0.1) is 16.3 Å². The van der Waals surface area contributed by atoms with E-state index in [0.717, 1.165) is 17.2 Å². The number of nitrogens with one attached hydrogen (secondary N) is 1. The van der Waals surface area contributed by atoms with Crippen LogP contribution in [0.3, 0.4) is 0 Å². The first-order valence-corrected chi connectivity index (χ1v) is 11.9. The van der Waals surface area contributed by atoms with Crippen molar-refractivity contribution in [3.8, 4) is 0 Å². The predicted octanol–water partition coefficient (Wildman–Crippen LogP) is -1.33. The molecule has 0 aliphatic carbocycles. The second-order valence-corrected chi connectivity index (χ2v) is 9.34.